The van der Waals surface area contributed by atoms with E-state index in [2.05, 4.69) is 53.4 Å². The molecule has 1 aromatic heterocycles. The maximum atomic E-state index is 5.33. The Bertz CT molecular complexity index is 575. The molecule has 1 N–H and O–H groups in total. The number of guanidine groups is 1. The van der Waals surface area contributed by atoms with Crippen molar-refractivity contribution in [3.63, 3.8) is 0 Å². The van der Waals surface area contributed by atoms with Gasteiger partial charge in [-0.1, -0.05) is 24.3 Å². The van der Waals surface area contributed by atoms with Gasteiger partial charge in [0.1, 0.15) is 5.76 Å². The molecule has 21 heavy (non-hydrogen) atoms. The zero-order valence-electron chi connectivity index (χ0n) is 13.0. The van der Waals surface area contributed by atoms with Gasteiger partial charge in [0.2, 0.25) is 0 Å². The second-order valence-corrected chi connectivity index (χ2v) is 5.09. The normalized spacial score (nSPS) is 11.5. The first-order chi connectivity index (χ1) is 10.2. The van der Waals surface area contributed by atoms with Crippen LogP contribution in [0.3, 0.4) is 0 Å². The Kier molecular flexibility index (Phi) is 5.43. The Hall–Kier alpha value is -2.23. The van der Waals surface area contributed by atoms with Gasteiger partial charge in [0, 0.05) is 33.6 Å². The fourth-order valence-corrected chi connectivity index (χ4v) is 2.25. The standard InChI is InChI=1S/C17H23N3O/c1-14-7-4-5-8-15(14)13-20(3)17(18-2)19-11-10-16-9-6-12-21-16/h4-9,12H,10-11,13H2,1-3H3,(H,18,19). The first-order valence-electron chi connectivity index (χ1n) is 7.19. The third-order valence-corrected chi connectivity index (χ3v) is 3.48. The molecule has 0 radical (unpaired) electrons. The summed E-state index contributed by atoms with van der Waals surface area (Å²) in [5.74, 6) is 1.88. The van der Waals surface area contributed by atoms with Crippen LogP contribution in [0.5, 0.6) is 0 Å². The van der Waals surface area contributed by atoms with Gasteiger partial charge in [-0.05, 0) is 30.2 Å². The molecule has 0 saturated carbocycles. The van der Waals surface area contributed by atoms with Gasteiger partial charge < -0.3 is 14.6 Å². The van der Waals surface area contributed by atoms with Gasteiger partial charge in [0.05, 0.1) is 6.26 Å². The molecule has 0 aliphatic rings. The highest BCUT2D eigenvalue weighted by molar-refractivity contribution is 5.79. The van der Waals surface area contributed by atoms with Crippen LogP contribution in [0.25, 0.3) is 0 Å². The van der Waals surface area contributed by atoms with Crippen molar-refractivity contribution in [3.05, 3.63) is 59.5 Å². The van der Waals surface area contributed by atoms with Crippen molar-refractivity contribution < 1.29 is 4.42 Å². The maximum absolute atomic E-state index is 5.33. The molecule has 0 bridgehead atoms. The van der Waals surface area contributed by atoms with E-state index in [0.29, 0.717) is 0 Å². The van der Waals surface area contributed by atoms with E-state index in [4.69, 9.17) is 4.42 Å². The molecule has 1 aromatic carbocycles. The molecule has 2 rings (SSSR count). The van der Waals surface area contributed by atoms with Crippen LogP contribution in [-0.4, -0.2) is 31.5 Å². The minimum atomic E-state index is 0.804. The first-order valence-corrected chi connectivity index (χ1v) is 7.19. The van der Waals surface area contributed by atoms with Gasteiger partial charge in [-0.25, -0.2) is 0 Å². The molecular formula is C17H23N3O. The van der Waals surface area contributed by atoms with Crippen LogP contribution in [0.4, 0.5) is 0 Å². The van der Waals surface area contributed by atoms with Crippen LogP contribution in [0.1, 0.15) is 16.9 Å². The van der Waals surface area contributed by atoms with Gasteiger partial charge in [0.25, 0.3) is 0 Å². The quantitative estimate of drug-likeness (QED) is 0.678. The van der Waals surface area contributed by atoms with Gasteiger partial charge in [0.15, 0.2) is 5.96 Å². The molecule has 0 aliphatic carbocycles. The van der Waals surface area contributed by atoms with Gasteiger partial charge in [-0.15, -0.1) is 0 Å². The summed E-state index contributed by atoms with van der Waals surface area (Å²) >= 11 is 0. The Morgan fingerprint density at radius 2 is 2.05 bits per heavy atom. The number of benzene rings is 1. The fraction of sp³-hybridized carbons (Fsp3) is 0.353. The Labute approximate surface area is 126 Å². The van der Waals surface area contributed by atoms with Crippen LogP contribution in [0.15, 0.2) is 52.1 Å². The molecule has 1 heterocycles. The molecule has 0 aliphatic heterocycles. The Morgan fingerprint density at radius 1 is 1.24 bits per heavy atom. The van der Waals surface area contributed by atoms with Crippen LogP contribution < -0.4 is 5.32 Å². The zero-order valence-corrected chi connectivity index (χ0v) is 13.0. The zero-order chi connectivity index (χ0) is 15.1. The Morgan fingerprint density at radius 3 is 2.71 bits per heavy atom. The summed E-state index contributed by atoms with van der Waals surface area (Å²) in [6, 6.07) is 12.3. The van der Waals surface area contributed by atoms with Gasteiger partial charge in [-0.2, -0.15) is 0 Å². The topological polar surface area (TPSA) is 40.8 Å². The average molecular weight is 285 g/mol. The summed E-state index contributed by atoms with van der Waals surface area (Å²) in [5, 5.41) is 3.36. The second-order valence-electron chi connectivity index (χ2n) is 5.09. The number of hydrogen-bond acceptors (Lipinski definition) is 2. The molecule has 0 atom stereocenters. The lowest BCUT2D eigenvalue weighted by Crippen LogP contribution is -2.39. The van der Waals surface area contributed by atoms with Crippen molar-refractivity contribution in [3.8, 4) is 0 Å². The maximum Gasteiger partial charge on any atom is 0.193 e. The van der Waals surface area contributed by atoms with Gasteiger partial charge >= 0.3 is 0 Å². The smallest absolute Gasteiger partial charge is 0.193 e. The van der Waals surface area contributed by atoms with Crippen molar-refractivity contribution in [1.82, 2.24) is 10.2 Å². The summed E-state index contributed by atoms with van der Waals surface area (Å²) in [6.07, 6.45) is 2.55. The predicted molar refractivity (Wildman–Crippen MR) is 86.4 cm³/mol. The second kappa shape index (κ2) is 7.53. The van der Waals surface area contributed by atoms with Gasteiger partial charge in [-0.3, -0.25) is 4.99 Å². The molecule has 0 unspecified atom stereocenters. The van der Waals surface area contributed by atoms with Crippen molar-refractivity contribution in [2.75, 3.05) is 20.6 Å². The summed E-state index contributed by atoms with van der Waals surface area (Å²) in [5.41, 5.74) is 2.62. The molecular weight excluding hydrogens is 262 g/mol. The fourth-order valence-electron chi connectivity index (χ4n) is 2.25. The predicted octanol–water partition coefficient (Wildman–Crippen LogP) is 2.84. The highest BCUT2D eigenvalue weighted by Gasteiger charge is 2.07. The number of furan rings is 1. The number of aryl methyl sites for hydroxylation is 1. The summed E-state index contributed by atoms with van der Waals surface area (Å²) in [7, 11) is 3.86. The Balaban J connectivity index is 1.87. The third kappa shape index (κ3) is 4.38. The van der Waals surface area contributed by atoms with E-state index in [9.17, 15) is 0 Å². The molecule has 0 saturated heterocycles. The van der Waals surface area contributed by atoms with Crippen molar-refractivity contribution >= 4 is 5.96 Å². The minimum Gasteiger partial charge on any atom is -0.469 e. The van der Waals surface area contributed by atoms with E-state index in [-0.39, 0.29) is 0 Å². The summed E-state index contributed by atoms with van der Waals surface area (Å²) in [4.78, 5) is 6.46. The first kappa shape index (κ1) is 15.2. The van der Waals surface area contributed by atoms with E-state index in [1.165, 1.54) is 11.1 Å². The highest BCUT2D eigenvalue weighted by Crippen LogP contribution is 2.09. The molecule has 0 spiro atoms. The lowest BCUT2D eigenvalue weighted by molar-refractivity contribution is 0.469. The van der Waals surface area contributed by atoms with Crippen LogP contribution in [0.2, 0.25) is 0 Å². The highest BCUT2D eigenvalue weighted by atomic mass is 16.3. The van der Waals surface area contributed by atoms with E-state index in [1.54, 1.807) is 6.26 Å². The number of nitrogens with zero attached hydrogens (tertiary/aromatic N) is 2. The van der Waals surface area contributed by atoms with E-state index >= 15 is 0 Å². The van der Waals surface area contributed by atoms with E-state index in [1.807, 2.05) is 19.2 Å². The molecule has 0 amide bonds. The lowest BCUT2D eigenvalue weighted by Gasteiger charge is -2.22. The van der Waals surface area contributed by atoms with Crippen molar-refractivity contribution in [1.29, 1.82) is 0 Å². The molecule has 4 heteroatoms. The number of nitrogens with one attached hydrogen (secondary N) is 1. The largest absolute Gasteiger partial charge is 0.469 e. The number of aliphatic imine (C=N–C) groups is 1. The van der Waals surface area contributed by atoms with Crippen molar-refractivity contribution in [2.24, 2.45) is 4.99 Å². The number of rotatable bonds is 5. The van der Waals surface area contributed by atoms with Crippen molar-refractivity contribution in [2.45, 2.75) is 19.9 Å². The van der Waals surface area contributed by atoms with Crippen LogP contribution >= 0.6 is 0 Å². The molecule has 4 nitrogen and oxygen atoms in total. The minimum absolute atomic E-state index is 0.804. The molecule has 112 valence electrons. The molecule has 0 fully saturated rings. The van der Waals surface area contributed by atoms with E-state index in [0.717, 1.165) is 31.2 Å². The van der Waals surface area contributed by atoms with E-state index < -0.39 is 0 Å². The van der Waals surface area contributed by atoms with Crippen LogP contribution in [0, 0.1) is 6.92 Å². The SMILES string of the molecule is CN=C(NCCc1ccco1)N(C)Cc1ccccc1C. The summed E-state index contributed by atoms with van der Waals surface area (Å²) < 4.78 is 5.33. The van der Waals surface area contributed by atoms with Crippen LogP contribution in [-0.2, 0) is 13.0 Å². The summed E-state index contributed by atoms with van der Waals surface area (Å²) in [6.45, 7) is 3.78. The lowest BCUT2D eigenvalue weighted by atomic mass is 10.1. The average Bonchev–Trinajstić information content (AvgIpc) is 2.99. The monoisotopic (exact) mass is 285 g/mol. The third-order valence-electron chi connectivity index (χ3n) is 3.48. The number of hydrogen-bond donors (Lipinski definition) is 1. The molecule has 2 aromatic rings.